The van der Waals surface area contributed by atoms with Crippen LogP contribution in [0.25, 0.3) is 0 Å². The first-order valence-corrected chi connectivity index (χ1v) is 8.03. The fraction of sp³-hybridized carbons (Fsp3) is 0.562. The summed E-state index contributed by atoms with van der Waals surface area (Å²) < 4.78 is 5.55. The van der Waals surface area contributed by atoms with E-state index in [1.807, 2.05) is 6.92 Å². The van der Waals surface area contributed by atoms with E-state index < -0.39 is 0 Å². The fourth-order valence-corrected chi connectivity index (χ4v) is 3.74. The molecule has 0 aromatic heterocycles. The van der Waals surface area contributed by atoms with E-state index in [0.717, 1.165) is 13.0 Å². The quantitative estimate of drug-likeness (QED) is 0.899. The number of nitrogens with one attached hydrogen (secondary N) is 2. The lowest BCUT2D eigenvalue weighted by molar-refractivity contribution is -0.118. The smallest absolute Gasteiger partial charge is 0.241 e. The summed E-state index contributed by atoms with van der Waals surface area (Å²) in [5.41, 5.74) is 0.651. The predicted molar refractivity (Wildman–Crippen MR) is 83.9 cm³/mol. The number of halogens is 1. The van der Waals surface area contributed by atoms with E-state index in [9.17, 15) is 4.79 Å². The molecule has 1 saturated heterocycles. The minimum Gasteiger partial charge on any atom is -0.492 e. The van der Waals surface area contributed by atoms with E-state index in [0.29, 0.717) is 34.9 Å². The molecule has 3 atom stereocenters. The Bertz CT molecular complexity index is 535. The van der Waals surface area contributed by atoms with E-state index >= 15 is 0 Å². The van der Waals surface area contributed by atoms with Gasteiger partial charge < -0.3 is 15.4 Å². The van der Waals surface area contributed by atoms with Gasteiger partial charge >= 0.3 is 0 Å². The van der Waals surface area contributed by atoms with E-state index in [1.165, 1.54) is 12.8 Å². The molecule has 0 radical (unpaired) electrons. The molecule has 1 aliphatic heterocycles. The van der Waals surface area contributed by atoms with Crippen molar-refractivity contribution in [1.82, 2.24) is 5.32 Å². The Labute approximate surface area is 130 Å². The van der Waals surface area contributed by atoms with E-state index in [-0.39, 0.29) is 11.9 Å². The first-order valence-electron chi connectivity index (χ1n) is 7.65. The number of hydrogen-bond donors (Lipinski definition) is 2. The second-order valence-corrected chi connectivity index (χ2v) is 6.24. The number of fused-ring (bicyclic) bond motifs is 1. The van der Waals surface area contributed by atoms with Crippen LogP contribution in [0.5, 0.6) is 5.75 Å². The van der Waals surface area contributed by atoms with Gasteiger partial charge in [0.25, 0.3) is 0 Å². The van der Waals surface area contributed by atoms with Crippen LogP contribution in [-0.2, 0) is 4.79 Å². The highest BCUT2D eigenvalue weighted by molar-refractivity contribution is 6.31. The van der Waals surface area contributed by atoms with Gasteiger partial charge in [-0.05, 0) is 56.3 Å². The Morgan fingerprint density at radius 2 is 2.33 bits per heavy atom. The lowest BCUT2D eigenvalue weighted by Crippen LogP contribution is -2.39. The van der Waals surface area contributed by atoms with Crippen molar-refractivity contribution in [2.45, 2.75) is 32.2 Å². The number of hydrogen-bond acceptors (Lipinski definition) is 3. The molecular weight excluding hydrogens is 288 g/mol. The second-order valence-electron chi connectivity index (χ2n) is 5.80. The molecule has 2 aliphatic rings. The second kappa shape index (κ2) is 6.24. The zero-order valence-corrected chi connectivity index (χ0v) is 13.0. The molecule has 2 fully saturated rings. The third-order valence-electron chi connectivity index (χ3n) is 4.53. The van der Waals surface area contributed by atoms with E-state index in [2.05, 4.69) is 10.6 Å². The van der Waals surface area contributed by atoms with Crippen LogP contribution in [-0.4, -0.2) is 25.1 Å². The van der Waals surface area contributed by atoms with Crippen molar-refractivity contribution in [2.24, 2.45) is 11.8 Å². The standard InChI is InChI=1S/C16H21ClN2O2/c1-2-21-14-7-6-11(17)8-13(14)19-16(20)15-12-5-3-4-10(12)9-18-15/h6-8,10,12,15,18H,2-5,9H2,1H3,(H,19,20). The highest BCUT2D eigenvalue weighted by atomic mass is 35.5. The molecule has 3 rings (SSSR count). The number of amides is 1. The molecule has 0 bridgehead atoms. The van der Waals surface area contributed by atoms with Gasteiger partial charge in [-0.1, -0.05) is 18.0 Å². The number of carbonyl (C=O) groups excluding carboxylic acids is 1. The molecule has 1 aromatic carbocycles. The van der Waals surface area contributed by atoms with Gasteiger partial charge in [0, 0.05) is 5.02 Å². The van der Waals surface area contributed by atoms with Gasteiger partial charge in [-0.3, -0.25) is 4.79 Å². The summed E-state index contributed by atoms with van der Waals surface area (Å²) in [4.78, 5) is 12.6. The molecule has 1 aromatic rings. The average Bonchev–Trinajstić information content (AvgIpc) is 3.04. The van der Waals surface area contributed by atoms with Crippen molar-refractivity contribution in [3.05, 3.63) is 23.2 Å². The van der Waals surface area contributed by atoms with Gasteiger partial charge in [0.05, 0.1) is 18.3 Å². The van der Waals surface area contributed by atoms with Gasteiger partial charge in [0.2, 0.25) is 5.91 Å². The van der Waals surface area contributed by atoms with Crippen LogP contribution in [0.1, 0.15) is 26.2 Å². The molecule has 1 heterocycles. The Morgan fingerprint density at radius 1 is 1.48 bits per heavy atom. The minimum absolute atomic E-state index is 0.0209. The average molecular weight is 309 g/mol. The molecule has 2 N–H and O–H groups in total. The Hall–Kier alpha value is -1.26. The first kappa shape index (κ1) is 14.7. The molecule has 5 heteroatoms. The normalized spacial score (nSPS) is 27.4. The molecule has 21 heavy (non-hydrogen) atoms. The maximum atomic E-state index is 12.6. The maximum absolute atomic E-state index is 12.6. The Morgan fingerprint density at radius 3 is 3.14 bits per heavy atom. The topological polar surface area (TPSA) is 50.4 Å². The van der Waals surface area contributed by atoms with Gasteiger partial charge in [0.1, 0.15) is 5.75 Å². The molecule has 0 spiro atoms. The van der Waals surface area contributed by atoms with Crippen LogP contribution >= 0.6 is 11.6 Å². The minimum atomic E-state index is -0.0917. The van der Waals surface area contributed by atoms with Crippen LogP contribution in [0.2, 0.25) is 5.02 Å². The largest absolute Gasteiger partial charge is 0.492 e. The highest BCUT2D eigenvalue weighted by Crippen LogP contribution is 2.38. The SMILES string of the molecule is CCOc1ccc(Cl)cc1NC(=O)C1NCC2CCCC21. The van der Waals surface area contributed by atoms with E-state index in [4.69, 9.17) is 16.3 Å². The van der Waals surface area contributed by atoms with Crippen molar-refractivity contribution < 1.29 is 9.53 Å². The van der Waals surface area contributed by atoms with Crippen LogP contribution in [0.4, 0.5) is 5.69 Å². The van der Waals surface area contributed by atoms with Crippen molar-refractivity contribution in [3.63, 3.8) is 0 Å². The number of benzene rings is 1. The van der Waals surface area contributed by atoms with Gasteiger partial charge in [0.15, 0.2) is 0 Å². The summed E-state index contributed by atoms with van der Waals surface area (Å²) >= 11 is 6.03. The molecular formula is C16H21ClN2O2. The summed E-state index contributed by atoms with van der Waals surface area (Å²) in [6.45, 7) is 3.43. The molecule has 114 valence electrons. The van der Waals surface area contributed by atoms with Crippen molar-refractivity contribution in [1.29, 1.82) is 0 Å². The predicted octanol–water partition coefficient (Wildman–Crippen LogP) is 3.07. The lowest BCUT2D eigenvalue weighted by Gasteiger charge is -2.19. The van der Waals surface area contributed by atoms with Gasteiger partial charge in [-0.2, -0.15) is 0 Å². The molecule has 1 saturated carbocycles. The summed E-state index contributed by atoms with van der Waals surface area (Å²) in [6, 6.07) is 5.21. The number of carbonyl (C=O) groups is 1. The number of rotatable bonds is 4. The zero-order chi connectivity index (χ0) is 14.8. The molecule has 3 unspecified atom stereocenters. The summed E-state index contributed by atoms with van der Waals surface area (Å²) in [5, 5.41) is 6.93. The number of anilines is 1. The van der Waals surface area contributed by atoms with Crippen LogP contribution < -0.4 is 15.4 Å². The monoisotopic (exact) mass is 308 g/mol. The fourth-order valence-electron chi connectivity index (χ4n) is 3.57. The third kappa shape index (κ3) is 3.01. The lowest BCUT2D eigenvalue weighted by atomic mass is 9.93. The van der Waals surface area contributed by atoms with Crippen LogP contribution in [0.3, 0.4) is 0 Å². The number of ether oxygens (including phenoxy) is 1. The highest BCUT2D eigenvalue weighted by Gasteiger charge is 2.42. The van der Waals surface area contributed by atoms with Crippen molar-refractivity contribution >= 4 is 23.2 Å². The molecule has 1 aliphatic carbocycles. The Balaban J connectivity index is 1.74. The summed E-state index contributed by atoms with van der Waals surface area (Å²) in [7, 11) is 0. The first-order chi connectivity index (χ1) is 10.2. The van der Waals surface area contributed by atoms with Crippen molar-refractivity contribution in [3.8, 4) is 5.75 Å². The van der Waals surface area contributed by atoms with Crippen molar-refractivity contribution in [2.75, 3.05) is 18.5 Å². The van der Waals surface area contributed by atoms with Gasteiger partial charge in [-0.25, -0.2) is 0 Å². The Kier molecular flexibility index (Phi) is 4.36. The van der Waals surface area contributed by atoms with E-state index in [1.54, 1.807) is 18.2 Å². The third-order valence-corrected chi connectivity index (χ3v) is 4.76. The van der Waals surface area contributed by atoms with Gasteiger partial charge in [-0.15, -0.1) is 0 Å². The zero-order valence-electron chi connectivity index (χ0n) is 12.2. The van der Waals surface area contributed by atoms with Crippen LogP contribution in [0.15, 0.2) is 18.2 Å². The maximum Gasteiger partial charge on any atom is 0.241 e. The summed E-state index contributed by atoms with van der Waals surface area (Å²) in [6.07, 6.45) is 3.62. The molecule has 1 amide bonds. The van der Waals surface area contributed by atoms with Crippen LogP contribution in [0, 0.1) is 11.8 Å². The summed E-state index contributed by atoms with van der Waals surface area (Å²) in [5.74, 6) is 1.81. The molecule has 4 nitrogen and oxygen atoms in total.